The van der Waals surface area contributed by atoms with E-state index < -0.39 is 12.3 Å². The Balaban J connectivity index is 1.29. The van der Waals surface area contributed by atoms with Crippen molar-refractivity contribution >= 4 is 55.1 Å². The molecule has 8 heteroatoms. The minimum Gasteiger partial charge on any atom is -0.425 e. The summed E-state index contributed by atoms with van der Waals surface area (Å²) in [5, 5.41) is 1.94. The van der Waals surface area contributed by atoms with Crippen molar-refractivity contribution < 1.29 is 23.5 Å². The molecule has 2 bridgehead atoms. The van der Waals surface area contributed by atoms with Crippen LogP contribution in [-0.4, -0.2) is 48.7 Å². The molecule has 4 heterocycles. The number of ketones is 1. The van der Waals surface area contributed by atoms with Gasteiger partial charge in [0, 0.05) is 27.7 Å². The number of benzene rings is 2. The van der Waals surface area contributed by atoms with Gasteiger partial charge in [0.05, 0.1) is 18.0 Å². The van der Waals surface area contributed by atoms with Crippen LogP contribution in [-0.2, 0) is 9.47 Å². The summed E-state index contributed by atoms with van der Waals surface area (Å²) in [6, 6.07) is 19.3. The molecule has 2 aromatic carbocycles. The molecule has 3 aliphatic rings. The number of rotatable bonds is 7. The predicted octanol–water partition coefficient (Wildman–Crippen LogP) is 7.01. The second-order valence-corrected chi connectivity index (χ2v) is 12.2. The van der Waals surface area contributed by atoms with Crippen LogP contribution in [0, 0.1) is 5.92 Å². The van der Waals surface area contributed by atoms with Gasteiger partial charge in [-0.05, 0) is 46.8 Å². The minimum absolute atomic E-state index is 0.173. The van der Waals surface area contributed by atoms with Gasteiger partial charge in [-0.1, -0.05) is 62.2 Å². The summed E-state index contributed by atoms with van der Waals surface area (Å²) in [6.07, 6.45) is 0.434. The molecule has 0 saturated carbocycles. The molecule has 182 valence electrons. The van der Waals surface area contributed by atoms with Gasteiger partial charge in [0.25, 0.3) is 0 Å². The normalized spacial score (nSPS) is 23.3. The summed E-state index contributed by atoms with van der Waals surface area (Å²) in [5.41, 5.74) is 1.73. The number of hydrogen-bond donors (Lipinski definition) is 0. The summed E-state index contributed by atoms with van der Waals surface area (Å²) in [6.45, 7) is 3.04. The summed E-state index contributed by atoms with van der Waals surface area (Å²) in [4.78, 5) is 26.7. The number of Topliss-reactive ketones (excluding diaryl/α,β-unsaturated/α-hetero) is 1. The molecule has 1 atom stereocenters. The van der Waals surface area contributed by atoms with Gasteiger partial charge in [-0.15, -0.1) is 11.3 Å². The maximum Gasteiger partial charge on any atom is 0.509 e. The summed E-state index contributed by atoms with van der Waals surface area (Å²) in [5.74, 6) is 0.491. The van der Waals surface area contributed by atoms with E-state index in [0.29, 0.717) is 23.5 Å². The van der Waals surface area contributed by atoms with Gasteiger partial charge in [-0.25, -0.2) is 4.79 Å². The number of piperidine rings is 3. The Bertz CT molecular complexity index is 1130. The van der Waals surface area contributed by atoms with E-state index in [1.807, 2.05) is 66.0 Å². The van der Waals surface area contributed by atoms with Crippen LogP contribution in [0.2, 0.25) is 0 Å². The molecule has 3 aromatic rings. The summed E-state index contributed by atoms with van der Waals surface area (Å²) >= 11 is 8.42. The molecule has 0 spiro atoms. The van der Waals surface area contributed by atoms with E-state index in [1.54, 1.807) is 0 Å². The first kappa shape index (κ1) is 24.7. The number of fused-ring (bicyclic) bond motifs is 3. The third kappa shape index (κ3) is 5.71. The summed E-state index contributed by atoms with van der Waals surface area (Å²) in [7, 11) is 0. The largest absolute Gasteiger partial charge is 0.509 e. The molecule has 1 unspecified atom stereocenters. The van der Waals surface area contributed by atoms with E-state index in [-0.39, 0.29) is 11.9 Å². The highest BCUT2D eigenvalue weighted by molar-refractivity contribution is 9.10. The minimum atomic E-state index is -0.665. The van der Waals surface area contributed by atoms with Crippen molar-refractivity contribution in [1.29, 1.82) is 0 Å². The van der Waals surface area contributed by atoms with Crippen molar-refractivity contribution in [3.8, 4) is 0 Å². The number of carbonyl (C=O) groups is 2. The molecule has 0 radical (unpaired) electrons. The number of halogens is 2. The lowest BCUT2D eigenvalue weighted by molar-refractivity contribution is -0.938. The highest BCUT2D eigenvalue weighted by Crippen LogP contribution is 2.37. The van der Waals surface area contributed by atoms with E-state index >= 15 is 0 Å². The Morgan fingerprint density at radius 1 is 0.943 bits per heavy atom. The number of thiophene rings is 1. The van der Waals surface area contributed by atoms with E-state index in [1.165, 1.54) is 11.3 Å². The SMILES string of the molecule is O=C(OC(c1ccc(Br)cc1)c1ccc(Br)cc1)OC1C[N+]2(CC(=O)c3cccs3)CCC1CC2. The lowest BCUT2D eigenvalue weighted by Crippen LogP contribution is -2.65. The van der Waals surface area contributed by atoms with Crippen molar-refractivity contribution in [3.05, 3.63) is 91.0 Å². The van der Waals surface area contributed by atoms with Gasteiger partial charge in [0.2, 0.25) is 5.78 Å². The fourth-order valence-corrected chi connectivity index (χ4v) is 6.43. The fraction of sp³-hybridized carbons (Fsp3) is 0.333. The fourth-order valence-electron chi connectivity index (χ4n) is 5.25. The highest BCUT2D eigenvalue weighted by atomic mass is 79.9. The van der Waals surface area contributed by atoms with Crippen molar-refractivity contribution in [3.63, 3.8) is 0 Å². The molecule has 3 aliphatic heterocycles. The first-order valence-corrected chi connectivity index (χ1v) is 14.2. The molecule has 35 heavy (non-hydrogen) atoms. The second kappa shape index (κ2) is 10.5. The number of carbonyl (C=O) groups excluding carboxylic acids is 2. The lowest BCUT2D eigenvalue weighted by atomic mass is 9.83. The number of hydrogen-bond acceptors (Lipinski definition) is 5. The lowest BCUT2D eigenvalue weighted by Gasteiger charge is -2.51. The van der Waals surface area contributed by atoms with Crippen molar-refractivity contribution in [2.45, 2.75) is 25.0 Å². The number of ether oxygens (including phenoxy) is 2. The molecule has 1 aromatic heterocycles. The average Bonchev–Trinajstić information content (AvgIpc) is 3.40. The quantitative estimate of drug-likeness (QED) is 0.162. The van der Waals surface area contributed by atoms with Gasteiger partial charge in [-0.3, -0.25) is 4.79 Å². The maximum atomic E-state index is 13.1. The Hall–Kier alpha value is -2.00. The van der Waals surface area contributed by atoms with E-state index in [9.17, 15) is 9.59 Å². The van der Waals surface area contributed by atoms with Crippen LogP contribution < -0.4 is 0 Å². The number of nitrogens with zero attached hydrogens (tertiary/aromatic N) is 1. The molecule has 0 aliphatic carbocycles. The zero-order chi connectivity index (χ0) is 24.4. The van der Waals surface area contributed by atoms with Gasteiger partial charge in [0.15, 0.2) is 12.2 Å². The molecule has 5 nitrogen and oxygen atoms in total. The number of quaternary nitrogens is 1. The van der Waals surface area contributed by atoms with Crippen LogP contribution >= 0.6 is 43.2 Å². The van der Waals surface area contributed by atoms with Gasteiger partial charge in [0.1, 0.15) is 13.1 Å². The molecule has 6 rings (SSSR count). The molecule has 3 fully saturated rings. The molecule has 3 saturated heterocycles. The van der Waals surface area contributed by atoms with Crippen molar-refractivity contribution in [1.82, 2.24) is 0 Å². The summed E-state index contributed by atoms with van der Waals surface area (Å²) < 4.78 is 14.5. The maximum absolute atomic E-state index is 13.1. The standard InChI is InChI=1S/C27H26Br2NO4S/c28-21-7-3-19(4-8-21)26(20-5-9-22(29)10-6-20)34-27(32)33-24-17-30(13-11-18(24)12-14-30)16-23(31)25-2-1-15-35-25/h1-10,15,18,24,26H,11-14,16-17H2/q+1. The third-order valence-corrected chi connectivity index (χ3v) is 9.09. The highest BCUT2D eigenvalue weighted by Gasteiger charge is 2.49. The molecule has 0 amide bonds. The van der Waals surface area contributed by atoms with Crippen LogP contribution in [0.25, 0.3) is 0 Å². The van der Waals surface area contributed by atoms with Crippen LogP contribution in [0.4, 0.5) is 4.79 Å². The average molecular weight is 620 g/mol. The topological polar surface area (TPSA) is 52.6 Å². The van der Waals surface area contributed by atoms with E-state index in [0.717, 1.165) is 50.9 Å². The second-order valence-electron chi connectivity index (χ2n) is 9.37. The molecule has 0 N–H and O–H groups in total. The first-order valence-electron chi connectivity index (χ1n) is 11.7. The zero-order valence-corrected chi connectivity index (χ0v) is 23.1. The van der Waals surface area contributed by atoms with E-state index in [2.05, 4.69) is 31.9 Å². The van der Waals surface area contributed by atoms with Crippen LogP contribution in [0.3, 0.4) is 0 Å². The van der Waals surface area contributed by atoms with Crippen LogP contribution in [0.5, 0.6) is 0 Å². The van der Waals surface area contributed by atoms with Crippen LogP contribution in [0.15, 0.2) is 75.0 Å². The third-order valence-electron chi connectivity index (χ3n) is 7.12. The van der Waals surface area contributed by atoms with Crippen molar-refractivity contribution in [2.24, 2.45) is 5.92 Å². The van der Waals surface area contributed by atoms with Gasteiger partial charge in [-0.2, -0.15) is 0 Å². The van der Waals surface area contributed by atoms with E-state index in [4.69, 9.17) is 9.47 Å². The predicted molar refractivity (Wildman–Crippen MR) is 143 cm³/mol. The Morgan fingerprint density at radius 2 is 1.54 bits per heavy atom. The Labute approximate surface area is 225 Å². The van der Waals surface area contributed by atoms with Gasteiger partial charge < -0.3 is 14.0 Å². The molecular formula is C27H26Br2NO4S+. The smallest absolute Gasteiger partial charge is 0.425 e. The zero-order valence-electron chi connectivity index (χ0n) is 19.1. The Kier molecular flexibility index (Phi) is 7.44. The van der Waals surface area contributed by atoms with Crippen molar-refractivity contribution in [2.75, 3.05) is 26.2 Å². The monoisotopic (exact) mass is 618 g/mol. The Morgan fingerprint density at radius 3 is 2.09 bits per heavy atom. The molecular weight excluding hydrogens is 594 g/mol. The first-order chi connectivity index (χ1) is 16.9. The van der Waals surface area contributed by atoms with Crippen LogP contribution in [0.1, 0.15) is 39.7 Å². The van der Waals surface area contributed by atoms with Gasteiger partial charge >= 0.3 is 6.16 Å².